The molecule has 36 valence electrons. The summed E-state index contributed by atoms with van der Waals surface area (Å²) in [6.45, 7) is 7.43. The highest BCUT2D eigenvalue weighted by molar-refractivity contribution is 7.07. The van der Waals surface area contributed by atoms with Crippen molar-refractivity contribution >= 4 is 24.5 Å². The van der Waals surface area contributed by atoms with Gasteiger partial charge in [0.05, 0.1) is 0 Å². The fraction of sp³-hybridized carbons (Fsp3) is 0. The topological polar surface area (TPSA) is 0 Å². The smallest absolute Gasteiger partial charge is 0.166 e. The molecule has 0 N–H and O–H groups in total. The zero-order chi connectivity index (χ0) is 5.28. The number of rotatable bonds is 0. The van der Waals surface area contributed by atoms with Crippen LogP contribution in [0, 0.1) is 0 Å². The van der Waals surface area contributed by atoms with Crippen molar-refractivity contribution in [2.45, 2.75) is 0 Å². The monoisotopic (exact) mass is 111 g/mol. The van der Waals surface area contributed by atoms with E-state index in [-0.39, 0.29) is 1.43 Å². The van der Waals surface area contributed by atoms with E-state index in [1.54, 1.807) is 11.3 Å². The Morgan fingerprint density at radius 3 is 2.57 bits per heavy atom. The molecule has 0 unspecified atom stereocenters. The van der Waals surface area contributed by atoms with E-state index in [0.29, 0.717) is 0 Å². The van der Waals surface area contributed by atoms with E-state index in [1.165, 1.54) is 0 Å². The molecular formula is C6H7S+. The van der Waals surface area contributed by atoms with Crippen LogP contribution in [0.3, 0.4) is 0 Å². The molecule has 1 rings (SSSR count). The highest BCUT2D eigenvalue weighted by atomic mass is 32.1. The van der Waals surface area contributed by atoms with E-state index in [9.17, 15) is 0 Å². The fourth-order valence-corrected chi connectivity index (χ4v) is 1.02. The number of hydrogen-bond acceptors (Lipinski definition) is 0. The molecule has 0 saturated carbocycles. The third-order valence-corrected chi connectivity index (χ3v) is 1.55. The molecule has 0 aliphatic carbocycles. The highest BCUT2D eigenvalue weighted by Gasteiger charge is 1.80. The molecule has 0 spiro atoms. The predicted molar refractivity (Wildman–Crippen MR) is 35.7 cm³/mol. The van der Waals surface area contributed by atoms with Gasteiger partial charge in [-0.2, -0.15) is 6.58 Å². The molecule has 0 aliphatic heterocycles. The Balaban J connectivity index is 0.000000490. The molecule has 0 bridgehead atoms. The van der Waals surface area contributed by atoms with Gasteiger partial charge in [-0.15, -0.1) is 6.58 Å². The van der Waals surface area contributed by atoms with Crippen LogP contribution < -0.4 is 9.75 Å². The summed E-state index contributed by atoms with van der Waals surface area (Å²) >= 11 is 1.63. The molecule has 1 aromatic rings. The van der Waals surface area contributed by atoms with Gasteiger partial charge in [0, 0.05) is 0 Å². The molecule has 0 saturated heterocycles. The van der Waals surface area contributed by atoms with Crippen molar-refractivity contribution in [3.63, 3.8) is 0 Å². The van der Waals surface area contributed by atoms with Gasteiger partial charge in [-0.3, -0.25) is 0 Å². The average Bonchev–Trinajstić information content (AvgIpc) is 1.87. The number of hydrogen-bond donors (Lipinski definition) is 0. The summed E-state index contributed by atoms with van der Waals surface area (Å²) in [6, 6.07) is 1.96. The Bertz CT molecular complexity index is 213. The van der Waals surface area contributed by atoms with Gasteiger partial charge in [0.25, 0.3) is 0 Å². The minimum Gasteiger partial charge on any atom is -0.166 e. The number of thiophene rings is 1. The van der Waals surface area contributed by atoms with Crippen molar-refractivity contribution in [2.75, 3.05) is 0 Å². The van der Waals surface area contributed by atoms with Crippen LogP contribution in [0.1, 0.15) is 1.43 Å². The first-order valence-electron chi connectivity index (χ1n) is 2.01. The Kier molecular flexibility index (Phi) is 0.988. The molecule has 0 nitrogen and oxygen atoms in total. The minimum absolute atomic E-state index is 0. The van der Waals surface area contributed by atoms with Crippen molar-refractivity contribution < 1.29 is 1.43 Å². The van der Waals surface area contributed by atoms with Crippen molar-refractivity contribution in [1.29, 1.82) is 0 Å². The molecule has 7 heavy (non-hydrogen) atoms. The Morgan fingerprint density at radius 1 is 1.71 bits per heavy atom. The second-order valence-electron chi connectivity index (χ2n) is 1.42. The predicted octanol–water partition coefficient (Wildman–Crippen LogP) is 0.681. The second-order valence-corrected chi connectivity index (χ2v) is 2.42. The Hall–Kier alpha value is -0.560. The maximum atomic E-state index is 3.72. The van der Waals surface area contributed by atoms with Crippen molar-refractivity contribution in [3.8, 4) is 0 Å². The van der Waals surface area contributed by atoms with Crippen LogP contribution in [0.25, 0.3) is 13.2 Å². The van der Waals surface area contributed by atoms with E-state index in [1.807, 2.05) is 11.4 Å². The van der Waals surface area contributed by atoms with Gasteiger partial charge in [-0.1, -0.05) is 11.3 Å². The first-order valence-corrected chi connectivity index (χ1v) is 2.89. The molecule has 0 atom stereocenters. The first kappa shape index (κ1) is 4.60. The summed E-state index contributed by atoms with van der Waals surface area (Å²) in [4.78, 5) is 0. The fourth-order valence-electron chi connectivity index (χ4n) is 0.426. The maximum absolute atomic E-state index is 3.72. The molecular weight excluding hydrogens is 104 g/mol. The van der Waals surface area contributed by atoms with Gasteiger partial charge < -0.3 is 0 Å². The molecule has 1 heteroatoms. The van der Waals surface area contributed by atoms with Crippen LogP contribution >= 0.6 is 11.3 Å². The van der Waals surface area contributed by atoms with Gasteiger partial charge in [0.15, 0.2) is 0 Å². The first-order chi connectivity index (χ1) is 3.29. The zero-order valence-electron chi connectivity index (χ0n) is 4.98. The molecule has 0 aromatic carbocycles. The third-order valence-electron chi connectivity index (χ3n) is 0.708. The lowest BCUT2D eigenvalue weighted by atomic mass is 10.5. The van der Waals surface area contributed by atoms with Crippen LogP contribution in [0.4, 0.5) is 0 Å². The van der Waals surface area contributed by atoms with E-state index in [4.69, 9.17) is 0 Å². The summed E-state index contributed by atoms with van der Waals surface area (Å²) in [5.74, 6) is 0. The van der Waals surface area contributed by atoms with Crippen LogP contribution in [0.5, 0.6) is 0 Å². The Labute approximate surface area is 47.9 Å². The summed E-state index contributed by atoms with van der Waals surface area (Å²) in [5, 5.41) is 3.05. The summed E-state index contributed by atoms with van der Waals surface area (Å²) < 4.78 is 1.09. The summed E-state index contributed by atoms with van der Waals surface area (Å²) in [7, 11) is 0. The molecule has 0 fully saturated rings. The Morgan fingerprint density at radius 2 is 2.43 bits per heavy atom. The summed E-state index contributed by atoms with van der Waals surface area (Å²) in [6.07, 6.45) is 0. The van der Waals surface area contributed by atoms with Gasteiger partial charge in [-0.25, -0.2) is 0 Å². The van der Waals surface area contributed by atoms with Crippen LogP contribution in [0.2, 0.25) is 0 Å². The van der Waals surface area contributed by atoms with Gasteiger partial charge in [0.2, 0.25) is 0 Å². The normalized spacial score (nSPS) is 9.14. The summed E-state index contributed by atoms with van der Waals surface area (Å²) in [5.41, 5.74) is 0. The van der Waals surface area contributed by atoms with Gasteiger partial charge in [-0.05, 0) is 0 Å². The highest BCUT2D eigenvalue weighted by Crippen LogP contribution is 1.73. The SMILES string of the molecule is C=c1c[s+]c(=C)[cH-]1.[H+]. The quantitative estimate of drug-likeness (QED) is 0.341. The zero-order valence-corrected chi connectivity index (χ0v) is 4.79. The lowest BCUT2D eigenvalue weighted by Gasteiger charge is -1.54. The molecule has 0 aliphatic rings. The molecule has 0 radical (unpaired) electrons. The van der Waals surface area contributed by atoms with Crippen LogP contribution in [0.15, 0.2) is 11.4 Å². The third kappa shape index (κ3) is 0.904. The van der Waals surface area contributed by atoms with Gasteiger partial charge in [0.1, 0.15) is 21.2 Å². The van der Waals surface area contributed by atoms with Crippen molar-refractivity contribution in [3.05, 3.63) is 21.2 Å². The molecule has 0 amide bonds. The van der Waals surface area contributed by atoms with E-state index >= 15 is 0 Å². The molecule has 1 aromatic heterocycles. The molecule has 1 heterocycles. The van der Waals surface area contributed by atoms with Crippen LogP contribution in [-0.2, 0) is 0 Å². The average molecular weight is 111 g/mol. The van der Waals surface area contributed by atoms with E-state index in [2.05, 4.69) is 13.2 Å². The van der Waals surface area contributed by atoms with Crippen LogP contribution in [-0.4, -0.2) is 0 Å². The van der Waals surface area contributed by atoms with Crippen molar-refractivity contribution in [1.82, 2.24) is 0 Å². The minimum atomic E-state index is 0. The van der Waals surface area contributed by atoms with Gasteiger partial charge >= 0.3 is 1.43 Å². The van der Waals surface area contributed by atoms with E-state index < -0.39 is 0 Å². The lowest BCUT2D eigenvalue weighted by molar-refractivity contribution is 1.81. The standard InChI is InChI=1S/C6H6S/c1-5-3-6(2)7-4-5/h3-4H,1-2H2/p+1. The maximum Gasteiger partial charge on any atom is 1.00 e. The van der Waals surface area contributed by atoms with E-state index in [0.717, 1.165) is 9.75 Å². The largest absolute Gasteiger partial charge is 1.00 e. The second kappa shape index (κ2) is 1.51. The van der Waals surface area contributed by atoms with Crippen molar-refractivity contribution in [2.24, 2.45) is 0 Å². The lowest BCUT2D eigenvalue weighted by Crippen LogP contribution is -1.91.